The Morgan fingerprint density at radius 1 is 1.12 bits per heavy atom. The zero-order valence-electron chi connectivity index (χ0n) is 14.9. The lowest BCUT2D eigenvalue weighted by Gasteiger charge is -2.29. The van der Waals surface area contributed by atoms with Crippen LogP contribution in [0.5, 0.6) is 28.7 Å². The van der Waals surface area contributed by atoms with Crippen LogP contribution in [0.25, 0.3) is 6.08 Å². The molecule has 0 fully saturated rings. The Morgan fingerprint density at radius 3 is 2.73 bits per heavy atom. The average Bonchev–Trinajstić information content (AvgIpc) is 2.99. The summed E-state index contributed by atoms with van der Waals surface area (Å²) in [6.45, 7) is 4.53. The van der Waals surface area contributed by atoms with Crippen LogP contribution in [-0.4, -0.2) is 24.4 Å². The van der Waals surface area contributed by atoms with E-state index in [-0.39, 0.29) is 23.4 Å². The maximum atomic E-state index is 10.0. The van der Waals surface area contributed by atoms with Crippen LogP contribution >= 0.6 is 0 Å². The maximum absolute atomic E-state index is 10.0. The molecule has 0 bridgehead atoms. The highest BCUT2D eigenvalue weighted by Crippen LogP contribution is 2.57. The molecule has 0 radical (unpaired) electrons. The minimum absolute atomic E-state index is 0.0659. The average molecular weight is 352 g/mol. The molecule has 26 heavy (non-hydrogen) atoms. The zero-order chi connectivity index (χ0) is 18.1. The van der Waals surface area contributed by atoms with E-state index >= 15 is 0 Å². The molecule has 2 unspecified atom stereocenters. The van der Waals surface area contributed by atoms with Gasteiger partial charge in [0, 0.05) is 11.1 Å². The van der Waals surface area contributed by atoms with Crippen LogP contribution in [0, 0.1) is 0 Å². The summed E-state index contributed by atoms with van der Waals surface area (Å²) in [6.07, 6.45) is 3.96. The van der Waals surface area contributed by atoms with Crippen LogP contribution in [0.4, 0.5) is 0 Å². The van der Waals surface area contributed by atoms with Crippen molar-refractivity contribution in [2.45, 2.75) is 31.5 Å². The Kier molecular flexibility index (Phi) is 3.03. The molecule has 0 amide bonds. The van der Waals surface area contributed by atoms with Crippen molar-refractivity contribution >= 4 is 6.08 Å². The Balaban J connectivity index is 1.61. The van der Waals surface area contributed by atoms with E-state index in [1.54, 1.807) is 6.07 Å². The van der Waals surface area contributed by atoms with E-state index in [4.69, 9.17) is 18.9 Å². The number of methoxy groups -OCH3 is 1. The molecule has 2 atom stereocenters. The normalized spacial score (nSPS) is 23.5. The molecule has 2 aromatic carbocycles. The van der Waals surface area contributed by atoms with Crippen LogP contribution in [0.3, 0.4) is 0 Å². The van der Waals surface area contributed by atoms with E-state index in [2.05, 4.69) is 12.1 Å². The standard InChI is InChI=1S/C21H20O5/c1-21(2)9-8-12-16(26-21)7-5-11-14-10-24-19-13(18(14)25-17(11)12)4-6-15(22)20(19)23-3/h4-9,14,18,22H,10H2,1-3H3. The van der Waals surface area contributed by atoms with Crippen LogP contribution < -0.4 is 18.9 Å². The van der Waals surface area contributed by atoms with Gasteiger partial charge in [-0.3, -0.25) is 0 Å². The number of phenolic OH excluding ortho intramolecular Hbond substituents is 1. The van der Waals surface area contributed by atoms with Gasteiger partial charge in [0.05, 0.1) is 25.2 Å². The van der Waals surface area contributed by atoms with Gasteiger partial charge in [-0.05, 0) is 44.2 Å². The highest BCUT2D eigenvalue weighted by atomic mass is 16.5. The Bertz CT molecular complexity index is 944. The molecule has 0 saturated carbocycles. The van der Waals surface area contributed by atoms with Gasteiger partial charge in [-0.15, -0.1) is 0 Å². The number of hydrogen-bond donors (Lipinski definition) is 1. The smallest absolute Gasteiger partial charge is 0.203 e. The van der Waals surface area contributed by atoms with Crippen molar-refractivity contribution in [3.05, 3.63) is 47.0 Å². The van der Waals surface area contributed by atoms with Gasteiger partial charge in [0.15, 0.2) is 11.5 Å². The molecule has 0 aliphatic carbocycles. The van der Waals surface area contributed by atoms with Crippen LogP contribution in [0.1, 0.15) is 42.6 Å². The number of hydrogen-bond acceptors (Lipinski definition) is 5. The monoisotopic (exact) mass is 352 g/mol. The molecule has 5 rings (SSSR count). The molecule has 0 aromatic heterocycles. The predicted octanol–water partition coefficient (Wildman–Crippen LogP) is 4.19. The minimum atomic E-state index is -0.326. The fraction of sp³-hybridized carbons (Fsp3) is 0.333. The number of fused-ring (bicyclic) bond motifs is 7. The lowest BCUT2D eigenvalue weighted by molar-refractivity contribution is 0.133. The molecule has 5 heteroatoms. The quantitative estimate of drug-likeness (QED) is 0.834. The Labute approximate surface area is 151 Å². The second kappa shape index (κ2) is 5.10. The molecule has 3 aliphatic heterocycles. The Hall–Kier alpha value is -2.82. The van der Waals surface area contributed by atoms with Crippen LogP contribution in [0.2, 0.25) is 0 Å². The highest BCUT2D eigenvalue weighted by molar-refractivity contribution is 5.71. The second-order valence-corrected chi connectivity index (χ2v) is 7.43. The number of benzene rings is 2. The number of rotatable bonds is 1. The lowest BCUT2D eigenvalue weighted by atomic mass is 9.88. The molecule has 0 spiro atoms. The summed E-state index contributed by atoms with van der Waals surface area (Å²) in [5, 5.41) is 10.0. The van der Waals surface area contributed by atoms with Gasteiger partial charge in [0.1, 0.15) is 23.2 Å². The van der Waals surface area contributed by atoms with E-state index in [1.165, 1.54) is 7.11 Å². The molecule has 134 valence electrons. The Morgan fingerprint density at radius 2 is 1.92 bits per heavy atom. The van der Waals surface area contributed by atoms with Gasteiger partial charge in [0.25, 0.3) is 0 Å². The summed E-state index contributed by atoms with van der Waals surface area (Å²) in [6, 6.07) is 7.55. The fourth-order valence-corrected chi connectivity index (χ4v) is 4.01. The summed E-state index contributed by atoms with van der Waals surface area (Å²) in [4.78, 5) is 0. The van der Waals surface area contributed by atoms with Crippen molar-refractivity contribution in [3.63, 3.8) is 0 Å². The number of phenols is 1. The van der Waals surface area contributed by atoms with Crippen molar-refractivity contribution in [1.82, 2.24) is 0 Å². The number of ether oxygens (including phenoxy) is 4. The van der Waals surface area contributed by atoms with Crippen molar-refractivity contribution in [3.8, 4) is 28.7 Å². The van der Waals surface area contributed by atoms with Crippen molar-refractivity contribution in [2.75, 3.05) is 13.7 Å². The summed E-state index contributed by atoms with van der Waals surface area (Å²) < 4.78 is 23.7. The summed E-state index contributed by atoms with van der Waals surface area (Å²) in [5.41, 5.74) is 2.66. The van der Waals surface area contributed by atoms with E-state index in [0.29, 0.717) is 18.1 Å². The van der Waals surface area contributed by atoms with Crippen LogP contribution in [-0.2, 0) is 0 Å². The van der Waals surface area contributed by atoms with Crippen molar-refractivity contribution < 1.29 is 24.1 Å². The summed E-state index contributed by atoms with van der Waals surface area (Å²) in [5.74, 6) is 2.76. The third-order valence-electron chi connectivity index (χ3n) is 5.26. The first-order chi connectivity index (χ1) is 12.5. The van der Waals surface area contributed by atoms with Crippen LogP contribution in [0.15, 0.2) is 30.3 Å². The first-order valence-corrected chi connectivity index (χ1v) is 8.73. The topological polar surface area (TPSA) is 57.2 Å². The SMILES string of the molecule is COc1c(O)ccc2c1OCC1c3ccc4c(c3OC21)C=CC(C)(C)O4. The molecule has 2 aromatic rings. The van der Waals surface area contributed by atoms with Gasteiger partial charge >= 0.3 is 0 Å². The third-order valence-corrected chi connectivity index (χ3v) is 5.26. The van der Waals surface area contributed by atoms with Gasteiger partial charge < -0.3 is 24.1 Å². The zero-order valence-corrected chi connectivity index (χ0v) is 14.9. The molecule has 3 aliphatic rings. The lowest BCUT2D eigenvalue weighted by Crippen LogP contribution is -2.27. The largest absolute Gasteiger partial charge is 0.504 e. The molecule has 1 N–H and O–H groups in total. The molecule has 0 saturated heterocycles. The van der Waals surface area contributed by atoms with Gasteiger partial charge in [0.2, 0.25) is 5.75 Å². The van der Waals surface area contributed by atoms with E-state index < -0.39 is 0 Å². The minimum Gasteiger partial charge on any atom is -0.504 e. The van der Waals surface area contributed by atoms with E-state index in [9.17, 15) is 5.11 Å². The van der Waals surface area contributed by atoms with Crippen molar-refractivity contribution in [2.24, 2.45) is 0 Å². The van der Waals surface area contributed by atoms with Crippen molar-refractivity contribution in [1.29, 1.82) is 0 Å². The molecule has 3 heterocycles. The van der Waals surface area contributed by atoms with Gasteiger partial charge in [-0.1, -0.05) is 6.07 Å². The van der Waals surface area contributed by atoms with E-state index in [1.807, 2.05) is 32.1 Å². The predicted molar refractivity (Wildman–Crippen MR) is 96.4 cm³/mol. The maximum Gasteiger partial charge on any atom is 0.203 e. The summed E-state index contributed by atoms with van der Waals surface area (Å²) in [7, 11) is 1.52. The van der Waals surface area contributed by atoms with Gasteiger partial charge in [-0.25, -0.2) is 0 Å². The first-order valence-electron chi connectivity index (χ1n) is 8.73. The molecular formula is C21H20O5. The summed E-state index contributed by atoms with van der Waals surface area (Å²) >= 11 is 0. The highest BCUT2D eigenvalue weighted by Gasteiger charge is 2.44. The van der Waals surface area contributed by atoms with Gasteiger partial charge in [-0.2, -0.15) is 0 Å². The molecule has 5 nitrogen and oxygen atoms in total. The third kappa shape index (κ3) is 2.03. The molecular weight excluding hydrogens is 332 g/mol. The fourth-order valence-electron chi connectivity index (χ4n) is 4.01. The first kappa shape index (κ1) is 15.4. The van der Waals surface area contributed by atoms with E-state index in [0.717, 1.165) is 28.2 Å². The second-order valence-electron chi connectivity index (χ2n) is 7.43. The number of aromatic hydroxyl groups is 1.